The van der Waals surface area contributed by atoms with Gasteiger partial charge in [0, 0.05) is 37.0 Å². The first kappa shape index (κ1) is 17.6. The van der Waals surface area contributed by atoms with Crippen molar-refractivity contribution in [3.8, 4) is 0 Å². The van der Waals surface area contributed by atoms with Crippen molar-refractivity contribution in [1.29, 1.82) is 0 Å². The molecular weight excluding hydrogens is 352 g/mol. The molecule has 0 spiro atoms. The highest BCUT2D eigenvalue weighted by Gasteiger charge is 2.30. The number of rotatable bonds is 5. The summed E-state index contributed by atoms with van der Waals surface area (Å²) in [5, 5.41) is 10.5. The van der Waals surface area contributed by atoms with E-state index in [1.165, 1.54) is 12.8 Å². The Balaban J connectivity index is 1.29. The number of anilines is 2. The Morgan fingerprint density at radius 2 is 1.96 bits per heavy atom. The van der Waals surface area contributed by atoms with Crippen molar-refractivity contribution in [2.45, 2.75) is 63.2 Å². The molecule has 1 amide bonds. The Bertz CT molecular complexity index is 839. The summed E-state index contributed by atoms with van der Waals surface area (Å²) in [6, 6.07) is 2.02. The normalized spacial score (nSPS) is 23.1. The van der Waals surface area contributed by atoms with Gasteiger partial charge < -0.3 is 10.2 Å². The SMILES string of the molecule is O=C(Nc1cn[nH]c1[C@H]1CCCN(c2ccnc(C3CC3)n2)C1)C1CCCC1. The maximum absolute atomic E-state index is 12.6. The summed E-state index contributed by atoms with van der Waals surface area (Å²) in [7, 11) is 0. The van der Waals surface area contributed by atoms with Gasteiger partial charge in [-0.25, -0.2) is 9.97 Å². The fourth-order valence-electron chi connectivity index (χ4n) is 4.63. The zero-order valence-corrected chi connectivity index (χ0v) is 16.2. The number of carbonyl (C=O) groups excluding carboxylic acids is 1. The second-order valence-corrected chi connectivity index (χ2v) is 8.50. The molecule has 2 aromatic rings. The minimum atomic E-state index is 0.151. The van der Waals surface area contributed by atoms with E-state index in [0.29, 0.717) is 11.8 Å². The minimum absolute atomic E-state index is 0.151. The summed E-state index contributed by atoms with van der Waals surface area (Å²) in [6.07, 6.45) is 12.6. The van der Waals surface area contributed by atoms with Crippen LogP contribution in [0.4, 0.5) is 11.5 Å². The van der Waals surface area contributed by atoms with Gasteiger partial charge in [0.15, 0.2) is 0 Å². The number of piperidine rings is 1. The number of aromatic amines is 1. The molecule has 0 aromatic carbocycles. The molecule has 2 aliphatic carbocycles. The van der Waals surface area contributed by atoms with Crippen LogP contribution < -0.4 is 10.2 Å². The molecular formula is C21H28N6O. The molecule has 148 valence electrons. The van der Waals surface area contributed by atoms with Crippen LogP contribution >= 0.6 is 0 Å². The van der Waals surface area contributed by atoms with E-state index in [-0.39, 0.29) is 11.8 Å². The van der Waals surface area contributed by atoms with Gasteiger partial charge in [-0.2, -0.15) is 5.10 Å². The maximum Gasteiger partial charge on any atom is 0.227 e. The van der Waals surface area contributed by atoms with Crippen LogP contribution in [0, 0.1) is 5.92 Å². The third-order valence-corrected chi connectivity index (χ3v) is 6.41. The molecule has 3 heterocycles. The molecule has 1 aliphatic heterocycles. The van der Waals surface area contributed by atoms with Gasteiger partial charge >= 0.3 is 0 Å². The topological polar surface area (TPSA) is 86.8 Å². The van der Waals surface area contributed by atoms with Crippen LogP contribution in [0.3, 0.4) is 0 Å². The quantitative estimate of drug-likeness (QED) is 0.828. The predicted molar refractivity (Wildman–Crippen MR) is 107 cm³/mol. The minimum Gasteiger partial charge on any atom is -0.356 e. The lowest BCUT2D eigenvalue weighted by molar-refractivity contribution is -0.119. The smallest absolute Gasteiger partial charge is 0.227 e. The van der Waals surface area contributed by atoms with Crippen molar-refractivity contribution in [3.05, 3.63) is 30.0 Å². The van der Waals surface area contributed by atoms with E-state index in [9.17, 15) is 4.79 Å². The third kappa shape index (κ3) is 3.62. The number of nitrogens with zero attached hydrogens (tertiary/aromatic N) is 4. The number of H-pyrrole nitrogens is 1. The summed E-state index contributed by atoms with van der Waals surface area (Å²) in [5.74, 6) is 3.20. The van der Waals surface area contributed by atoms with Crippen LogP contribution in [0.2, 0.25) is 0 Å². The molecule has 7 nitrogen and oxygen atoms in total. The maximum atomic E-state index is 12.6. The Labute approximate surface area is 165 Å². The van der Waals surface area contributed by atoms with Crippen molar-refractivity contribution in [3.63, 3.8) is 0 Å². The molecule has 3 fully saturated rings. The predicted octanol–water partition coefficient (Wildman–Crippen LogP) is 3.59. The van der Waals surface area contributed by atoms with E-state index in [1.807, 2.05) is 12.3 Å². The average Bonchev–Trinajstić information content (AvgIpc) is 3.24. The molecule has 2 N–H and O–H groups in total. The summed E-state index contributed by atoms with van der Waals surface area (Å²) < 4.78 is 0. The molecule has 0 unspecified atom stereocenters. The van der Waals surface area contributed by atoms with Crippen LogP contribution in [-0.2, 0) is 4.79 Å². The molecule has 1 saturated heterocycles. The van der Waals surface area contributed by atoms with E-state index in [0.717, 1.165) is 74.6 Å². The second-order valence-electron chi connectivity index (χ2n) is 8.50. The van der Waals surface area contributed by atoms with Crippen LogP contribution in [0.1, 0.15) is 74.7 Å². The Kier molecular flexibility index (Phi) is 4.74. The van der Waals surface area contributed by atoms with Crippen molar-refractivity contribution < 1.29 is 4.79 Å². The van der Waals surface area contributed by atoms with E-state index in [4.69, 9.17) is 4.98 Å². The van der Waals surface area contributed by atoms with Crippen LogP contribution in [0.15, 0.2) is 18.5 Å². The van der Waals surface area contributed by atoms with Crippen molar-refractivity contribution in [2.24, 2.45) is 5.92 Å². The van der Waals surface area contributed by atoms with Gasteiger partial charge in [0.25, 0.3) is 0 Å². The fraction of sp³-hybridized carbons (Fsp3) is 0.619. The first-order chi connectivity index (χ1) is 13.8. The first-order valence-electron chi connectivity index (χ1n) is 10.7. The van der Waals surface area contributed by atoms with Gasteiger partial charge in [0.1, 0.15) is 11.6 Å². The highest BCUT2D eigenvalue weighted by Crippen LogP contribution is 2.39. The number of amides is 1. The van der Waals surface area contributed by atoms with Crippen molar-refractivity contribution in [1.82, 2.24) is 20.2 Å². The third-order valence-electron chi connectivity index (χ3n) is 6.41. The van der Waals surface area contributed by atoms with Crippen molar-refractivity contribution in [2.75, 3.05) is 23.3 Å². The lowest BCUT2D eigenvalue weighted by Crippen LogP contribution is -2.35. The molecule has 28 heavy (non-hydrogen) atoms. The van der Waals surface area contributed by atoms with Gasteiger partial charge in [-0.15, -0.1) is 0 Å². The van der Waals surface area contributed by atoms with E-state index in [2.05, 4.69) is 25.4 Å². The van der Waals surface area contributed by atoms with E-state index < -0.39 is 0 Å². The zero-order chi connectivity index (χ0) is 18.9. The molecule has 7 heteroatoms. The number of nitrogens with one attached hydrogen (secondary N) is 2. The van der Waals surface area contributed by atoms with E-state index >= 15 is 0 Å². The number of aromatic nitrogens is 4. The van der Waals surface area contributed by atoms with Crippen LogP contribution in [0.25, 0.3) is 0 Å². The van der Waals surface area contributed by atoms with Gasteiger partial charge in [-0.1, -0.05) is 12.8 Å². The summed E-state index contributed by atoms with van der Waals surface area (Å²) in [5.41, 5.74) is 1.90. The highest BCUT2D eigenvalue weighted by atomic mass is 16.1. The van der Waals surface area contributed by atoms with Gasteiger partial charge in [-0.3, -0.25) is 9.89 Å². The Hall–Kier alpha value is -2.44. The molecule has 2 saturated carbocycles. The largest absolute Gasteiger partial charge is 0.356 e. The summed E-state index contributed by atoms with van der Waals surface area (Å²) in [4.78, 5) is 24.2. The Morgan fingerprint density at radius 3 is 2.79 bits per heavy atom. The Morgan fingerprint density at radius 1 is 1.11 bits per heavy atom. The zero-order valence-electron chi connectivity index (χ0n) is 16.2. The first-order valence-corrected chi connectivity index (χ1v) is 10.7. The monoisotopic (exact) mass is 380 g/mol. The lowest BCUT2D eigenvalue weighted by atomic mass is 9.94. The standard InChI is InChI=1S/C21H28N6O/c28-21(15-4-1-2-5-15)24-17-12-23-26-19(17)16-6-3-11-27(13-16)18-9-10-22-20(25-18)14-7-8-14/h9-10,12,14-16H,1-8,11,13H2,(H,23,26)(H,24,28)/t16-/m0/s1. The molecule has 0 radical (unpaired) electrons. The number of carbonyl (C=O) groups is 1. The fourth-order valence-corrected chi connectivity index (χ4v) is 4.63. The van der Waals surface area contributed by atoms with Crippen molar-refractivity contribution >= 4 is 17.4 Å². The van der Waals surface area contributed by atoms with Crippen LogP contribution in [-0.4, -0.2) is 39.2 Å². The number of hydrogen-bond acceptors (Lipinski definition) is 5. The van der Waals surface area contributed by atoms with Crippen LogP contribution in [0.5, 0.6) is 0 Å². The van der Waals surface area contributed by atoms with Gasteiger partial charge in [-0.05, 0) is 44.6 Å². The average molecular weight is 380 g/mol. The molecule has 5 rings (SSSR count). The molecule has 1 atom stereocenters. The number of hydrogen-bond donors (Lipinski definition) is 2. The summed E-state index contributed by atoms with van der Waals surface area (Å²) in [6.45, 7) is 1.89. The highest BCUT2D eigenvalue weighted by molar-refractivity contribution is 5.93. The molecule has 3 aliphatic rings. The summed E-state index contributed by atoms with van der Waals surface area (Å²) >= 11 is 0. The molecule has 2 aromatic heterocycles. The molecule has 0 bridgehead atoms. The van der Waals surface area contributed by atoms with E-state index in [1.54, 1.807) is 6.20 Å². The van der Waals surface area contributed by atoms with Gasteiger partial charge in [0.2, 0.25) is 5.91 Å². The lowest BCUT2D eigenvalue weighted by Gasteiger charge is -2.33. The second kappa shape index (κ2) is 7.53. The van der Waals surface area contributed by atoms with Gasteiger partial charge in [0.05, 0.1) is 17.6 Å².